The predicted octanol–water partition coefficient (Wildman–Crippen LogP) is 4.60. The number of hydrogen-bond donors (Lipinski definition) is 2. The van der Waals surface area contributed by atoms with Crippen LogP contribution in [0.15, 0.2) is 83.9 Å². The van der Waals surface area contributed by atoms with Crippen molar-refractivity contribution in [2.75, 3.05) is 13.7 Å². The maximum Gasteiger partial charge on any atom is 0.240 e. The van der Waals surface area contributed by atoms with Crippen molar-refractivity contribution in [3.63, 3.8) is 0 Å². The number of aromatic amines is 1. The first-order valence-corrected chi connectivity index (χ1v) is 11.2. The van der Waals surface area contributed by atoms with Gasteiger partial charge in [-0.25, -0.2) is 13.1 Å². The molecule has 0 saturated carbocycles. The minimum atomic E-state index is -3.62. The first kappa shape index (κ1) is 20.2. The summed E-state index contributed by atoms with van der Waals surface area (Å²) in [7, 11) is -2.00. The highest BCUT2D eigenvalue weighted by atomic mass is 32.2. The maximum atomic E-state index is 12.9. The van der Waals surface area contributed by atoms with E-state index in [0.29, 0.717) is 0 Å². The predicted molar refractivity (Wildman–Crippen MR) is 120 cm³/mol. The molecule has 1 aromatic heterocycles. The SMILES string of the molecule is COc1ccc([C@@H](CNS(=O)(=O)c2ccc(C)cc2)c2c[nH]c3ccccc23)cc1. The summed E-state index contributed by atoms with van der Waals surface area (Å²) in [6.45, 7) is 2.17. The summed E-state index contributed by atoms with van der Waals surface area (Å²) in [5.41, 5.74) is 4.09. The summed E-state index contributed by atoms with van der Waals surface area (Å²) >= 11 is 0. The molecular weight excluding hydrogens is 396 g/mol. The van der Waals surface area contributed by atoms with Gasteiger partial charge in [0.05, 0.1) is 12.0 Å². The summed E-state index contributed by atoms with van der Waals surface area (Å²) in [5.74, 6) is 0.601. The molecule has 0 aliphatic carbocycles. The van der Waals surface area contributed by atoms with Crippen LogP contribution in [0.25, 0.3) is 10.9 Å². The number of fused-ring (bicyclic) bond motifs is 1. The Labute approximate surface area is 176 Å². The van der Waals surface area contributed by atoms with Gasteiger partial charge in [0.1, 0.15) is 5.75 Å². The second-order valence-corrected chi connectivity index (χ2v) is 9.05. The average molecular weight is 421 g/mol. The molecule has 154 valence electrons. The first-order valence-electron chi connectivity index (χ1n) is 9.74. The number of rotatable bonds is 7. The van der Waals surface area contributed by atoms with Crippen LogP contribution >= 0.6 is 0 Å². The molecule has 0 radical (unpaired) electrons. The molecule has 0 aliphatic heterocycles. The van der Waals surface area contributed by atoms with Crippen molar-refractivity contribution >= 4 is 20.9 Å². The number of sulfonamides is 1. The molecule has 1 atom stereocenters. The zero-order chi connectivity index (χ0) is 21.1. The monoisotopic (exact) mass is 420 g/mol. The van der Waals surface area contributed by atoms with Gasteiger partial charge in [0.2, 0.25) is 10.0 Å². The molecule has 0 bridgehead atoms. The third-order valence-electron chi connectivity index (χ3n) is 5.32. The number of ether oxygens (including phenoxy) is 1. The summed E-state index contributed by atoms with van der Waals surface area (Å²) in [5, 5.41) is 1.08. The molecule has 0 aliphatic rings. The van der Waals surface area contributed by atoms with Crippen molar-refractivity contribution < 1.29 is 13.2 Å². The van der Waals surface area contributed by atoms with Crippen LogP contribution in [0.5, 0.6) is 5.75 Å². The Morgan fingerprint density at radius 2 is 1.67 bits per heavy atom. The molecule has 0 amide bonds. The lowest BCUT2D eigenvalue weighted by atomic mass is 9.91. The Morgan fingerprint density at radius 3 is 2.37 bits per heavy atom. The van der Waals surface area contributed by atoms with E-state index in [1.165, 1.54) is 0 Å². The molecule has 5 nitrogen and oxygen atoms in total. The third-order valence-corrected chi connectivity index (χ3v) is 6.76. The van der Waals surface area contributed by atoms with E-state index in [9.17, 15) is 8.42 Å². The van der Waals surface area contributed by atoms with Crippen LogP contribution in [0, 0.1) is 6.92 Å². The van der Waals surface area contributed by atoms with Crippen molar-refractivity contribution in [2.45, 2.75) is 17.7 Å². The fourth-order valence-corrected chi connectivity index (χ4v) is 4.67. The first-order chi connectivity index (χ1) is 14.5. The topological polar surface area (TPSA) is 71.2 Å². The standard InChI is InChI=1S/C24H24N2O3S/c1-17-7-13-20(14-8-17)30(27,28)26-16-22(18-9-11-19(29-2)12-10-18)23-15-25-24-6-4-3-5-21(23)24/h3-15,22,25-26H,16H2,1-2H3/t22-/m1/s1. The third kappa shape index (κ3) is 4.10. The van der Waals surface area contributed by atoms with Crippen molar-refractivity contribution in [1.29, 1.82) is 0 Å². The zero-order valence-corrected chi connectivity index (χ0v) is 17.7. The molecule has 0 fully saturated rings. The number of nitrogens with one attached hydrogen (secondary N) is 2. The van der Waals surface area contributed by atoms with E-state index in [-0.39, 0.29) is 17.4 Å². The molecule has 0 unspecified atom stereocenters. The summed E-state index contributed by atoms with van der Waals surface area (Å²) in [6.07, 6.45) is 1.96. The molecule has 4 aromatic rings. The molecule has 0 spiro atoms. The summed E-state index contributed by atoms with van der Waals surface area (Å²) in [4.78, 5) is 3.56. The fraction of sp³-hybridized carbons (Fsp3) is 0.167. The Morgan fingerprint density at radius 1 is 0.967 bits per heavy atom. The molecule has 2 N–H and O–H groups in total. The number of methoxy groups -OCH3 is 1. The van der Waals surface area contributed by atoms with Crippen LogP contribution in [0.2, 0.25) is 0 Å². The van der Waals surface area contributed by atoms with Gasteiger partial charge in [-0.05, 0) is 48.4 Å². The van der Waals surface area contributed by atoms with Gasteiger partial charge in [-0.3, -0.25) is 0 Å². The molecule has 6 heteroatoms. The largest absolute Gasteiger partial charge is 0.497 e. The van der Waals surface area contributed by atoms with E-state index in [1.807, 2.05) is 61.7 Å². The minimum absolute atomic E-state index is 0.160. The Bertz CT molecular complexity index is 1240. The number of aryl methyl sites for hydroxylation is 1. The van der Waals surface area contributed by atoms with Crippen LogP contribution in [-0.2, 0) is 10.0 Å². The van der Waals surface area contributed by atoms with E-state index in [0.717, 1.165) is 33.3 Å². The summed E-state index contributed by atoms with van der Waals surface area (Å²) in [6, 6.07) is 22.6. The van der Waals surface area contributed by atoms with E-state index < -0.39 is 10.0 Å². The van der Waals surface area contributed by atoms with Gasteiger partial charge in [-0.15, -0.1) is 0 Å². The highest BCUT2D eigenvalue weighted by Gasteiger charge is 2.22. The summed E-state index contributed by atoms with van der Waals surface area (Å²) < 4.78 is 33.8. The quantitative estimate of drug-likeness (QED) is 0.459. The van der Waals surface area contributed by atoms with Crippen LogP contribution in [0.1, 0.15) is 22.6 Å². The van der Waals surface area contributed by atoms with E-state index in [1.54, 1.807) is 31.4 Å². The van der Waals surface area contributed by atoms with Gasteiger partial charge in [0.25, 0.3) is 0 Å². The highest BCUT2D eigenvalue weighted by molar-refractivity contribution is 7.89. The van der Waals surface area contributed by atoms with Gasteiger partial charge >= 0.3 is 0 Å². The van der Waals surface area contributed by atoms with E-state index in [2.05, 4.69) is 9.71 Å². The van der Waals surface area contributed by atoms with Gasteiger partial charge in [-0.1, -0.05) is 48.0 Å². The fourth-order valence-electron chi connectivity index (χ4n) is 3.62. The molecule has 0 saturated heterocycles. The molecular formula is C24H24N2O3S. The van der Waals surface area contributed by atoms with Gasteiger partial charge < -0.3 is 9.72 Å². The van der Waals surface area contributed by atoms with E-state index in [4.69, 9.17) is 4.74 Å². The Balaban J connectivity index is 1.69. The smallest absolute Gasteiger partial charge is 0.240 e. The Kier molecular flexibility index (Phi) is 5.61. The Hall–Kier alpha value is -3.09. The van der Waals surface area contributed by atoms with Crippen LogP contribution in [0.4, 0.5) is 0 Å². The highest BCUT2D eigenvalue weighted by Crippen LogP contribution is 2.31. The van der Waals surface area contributed by atoms with Crippen molar-refractivity contribution in [2.24, 2.45) is 0 Å². The number of benzene rings is 3. The van der Waals surface area contributed by atoms with Crippen molar-refractivity contribution in [3.8, 4) is 5.75 Å². The lowest BCUT2D eigenvalue weighted by molar-refractivity contribution is 0.414. The molecule has 4 rings (SSSR count). The van der Waals surface area contributed by atoms with Gasteiger partial charge in [-0.2, -0.15) is 0 Å². The molecule has 3 aromatic carbocycles. The number of para-hydroxylation sites is 1. The van der Waals surface area contributed by atoms with Crippen LogP contribution < -0.4 is 9.46 Å². The average Bonchev–Trinajstić information content (AvgIpc) is 3.19. The zero-order valence-electron chi connectivity index (χ0n) is 16.9. The maximum absolute atomic E-state index is 12.9. The van der Waals surface area contributed by atoms with Gasteiger partial charge in [0.15, 0.2) is 0 Å². The number of hydrogen-bond acceptors (Lipinski definition) is 3. The lowest BCUT2D eigenvalue weighted by Crippen LogP contribution is -2.29. The number of H-pyrrole nitrogens is 1. The lowest BCUT2D eigenvalue weighted by Gasteiger charge is -2.19. The number of aromatic nitrogens is 1. The van der Waals surface area contributed by atoms with Crippen LogP contribution in [0.3, 0.4) is 0 Å². The minimum Gasteiger partial charge on any atom is -0.497 e. The normalized spacial score (nSPS) is 12.7. The van der Waals surface area contributed by atoms with Gasteiger partial charge in [0, 0.05) is 29.6 Å². The van der Waals surface area contributed by atoms with Crippen molar-refractivity contribution in [1.82, 2.24) is 9.71 Å². The second kappa shape index (κ2) is 8.34. The van der Waals surface area contributed by atoms with Crippen molar-refractivity contribution in [3.05, 3.63) is 95.7 Å². The molecule has 30 heavy (non-hydrogen) atoms. The van der Waals surface area contributed by atoms with E-state index >= 15 is 0 Å². The molecule has 1 heterocycles. The second-order valence-electron chi connectivity index (χ2n) is 7.28. The van der Waals surface area contributed by atoms with Crippen LogP contribution in [-0.4, -0.2) is 27.1 Å².